The van der Waals surface area contributed by atoms with Crippen LogP contribution >= 0.6 is 0 Å². The molecule has 0 fully saturated rings. The number of fused-ring (bicyclic) bond motifs is 1. The van der Waals surface area contributed by atoms with Gasteiger partial charge in [0.15, 0.2) is 0 Å². The van der Waals surface area contributed by atoms with Gasteiger partial charge in [-0.2, -0.15) is 0 Å². The van der Waals surface area contributed by atoms with Crippen molar-refractivity contribution in [2.24, 2.45) is 0 Å². The van der Waals surface area contributed by atoms with Crippen molar-refractivity contribution in [1.29, 1.82) is 0 Å². The van der Waals surface area contributed by atoms with Gasteiger partial charge in [0.05, 0.1) is 0 Å². The van der Waals surface area contributed by atoms with Gasteiger partial charge in [0.2, 0.25) is 0 Å². The van der Waals surface area contributed by atoms with Crippen LogP contribution in [0.5, 0.6) is 5.75 Å². The Kier molecular flexibility index (Phi) is 2.81. The molecule has 1 nitrogen and oxygen atoms in total. The van der Waals surface area contributed by atoms with Crippen LogP contribution < -0.4 is 18.9 Å². The molecule has 0 unspecified atom stereocenters. The first-order chi connectivity index (χ1) is 5.36. The van der Waals surface area contributed by atoms with Gasteiger partial charge in [-0.15, -0.1) is 0 Å². The molecule has 0 atom stereocenters. The van der Waals surface area contributed by atoms with Gasteiger partial charge in [0.1, 0.15) is 5.75 Å². The smallest absolute Gasteiger partial charge is 1.00 e. The topological polar surface area (TPSA) is 20.2 Å². The molecule has 0 aliphatic heterocycles. The number of phenols is 1. The molecule has 0 bridgehead atoms. The largest absolute Gasteiger partial charge is 1.00 e. The van der Waals surface area contributed by atoms with Crippen LogP contribution in [0.15, 0.2) is 42.5 Å². The van der Waals surface area contributed by atoms with Crippen molar-refractivity contribution < 1.29 is 25.4 Å². The summed E-state index contributed by atoms with van der Waals surface area (Å²) in [5.74, 6) is 0.323. The fourth-order valence-corrected chi connectivity index (χ4v) is 1.18. The standard InChI is InChI=1S/C10H8O.Li.H/c11-10-6-5-8-3-1-2-4-9(8)7-10;;/h1-7,11H;;/q;+1;-1. The normalized spacial score (nSPS) is 9.33. The first kappa shape index (κ1) is 9.19. The van der Waals surface area contributed by atoms with Crippen LogP contribution in [0.4, 0.5) is 0 Å². The summed E-state index contributed by atoms with van der Waals surface area (Å²) in [4.78, 5) is 0. The molecule has 2 aromatic carbocycles. The molecule has 0 aliphatic rings. The Balaban J connectivity index is 0.000000720. The third kappa shape index (κ3) is 1.64. The number of rotatable bonds is 0. The van der Waals surface area contributed by atoms with Crippen molar-refractivity contribution in [2.75, 3.05) is 0 Å². The van der Waals surface area contributed by atoms with Crippen LogP contribution in [0.1, 0.15) is 1.43 Å². The Bertz CT molecular complexity index is 389. The molecule has 0 aromatic heterocycles. The molecule has 0 radical (unpaired) electrons. The van der Waals surface area contributed by atoms with E-state index in [0.717, 1.165) is 10.8 Å². The average molecular weight is 152 g/mol. The third-order valence-corrected chi connectivity index (χ3v) is 1.73. The van der Waals surface area contributed by atoms with E-state index in [-0.39, 0.29) is 20.3 Å². The molecule has 56 valence electrons. The predicted molar refractivity (Wildman–Crippen MR) is 46.7 cm³/mol. The van der Waals surface area contributed by atoms with Crippen LogP contribution in [0, 0.1) is 0 Å². The molecule has 0 heterocycles. The first-order valence-corrected chi connectivity index (χ1v) is 3.54. The van der Waals surface area contributed by atoms with Crippen LogP contribution in [0.25, 0.3) is 10.8 Å². The number of benzene rings is 2. The number of aromatic hydroxyl groups is 1. The second-order valence-electron chi connectivity index (χ2n) is 2.53. The SMILES string of the molecule is Oc1ccc2ccccc2c1.[H-].[Li+]. The van der Waals surface area contributed by atoms with Gasteiger partial charge >= 0.3 is 18.9 Å². The summed E-state index contributed by atoms with van der Waals surface area (Å²) in [5, 5.41) is 11.4. The maximum atomic E-state index is 9.13. The summed E-state index contributed by atoms with van der Waals surface area (Å²) in [6.07, 6.45) is 0. The minimum Gasteiger partial charge on any atom is -1.00 e. The fourth-order valence-electron chi connectivity index (χ4n) is 1.18. The molecule has 2 rings (SSSR count). The molecule has 2 aromatic rings. The van der Waals surface area contributed by atoms with Crippen molar-refractivity contribution in [1.82, 2.24) is 0 Å². The van der Waals surface area contributed by atoms with E-state index in [9.17, 15) is 0 Å². The molecule has 0 saturated heterocycles. The summed E-state index contributed by atoms with van der Waals surface area (Å²) in [6.45, 7) is 0. The van der Waals surface area contributed by atoms with Gasteiger partial charge in [-0.25, -0.2) is 0 Å². The quantitative estimate of drug-likeness (QED) is 0.512. The fraction of sp³-hybridized carbons (Fsp3) is 0. The number of hydrogen-bond donors (Lipinski definition) is 1. The van der Waals surface area contributed by atoms with Gasteiger partial charge in [-0.3, -0.25) is 0 Å². The predicted octanol–water partition coefficient (Wildman–Crippen LogP) is -0.338. The third-order valence-electron chi connectivity index (χ3n) is 1.73. The molecule has 0 amide bonds. The van der Waals surface area contributed by atoms with Gasteiger partial charge in [-0.1, -0.05) is 30.3 Å². The van der Waals surface area contributed by atoms with Crippen molar-refractivity contribution >= 4 is 10.8 Å². The Labute approximate surface area is 84.7 Å². The van der Waals surface area contributed by atoms with Crippen LogP contribution in [-0.2, 0) is 0 Å². The Morgan fingerprint density at radius 3 is 2.33 bits per heavy atom. The Morgan fingerprint density at radius 1 is 0.917 bits per heavy atom. The number of hydrogen-bond acceptors (Lipinski definition) is 1. The second-order valence-corrected chi connectivity index (χ2v) is 2.53. The zero-order valence-corrected chi connectivity index (χ0v) is 6.99. The van der Waals surface area contributed by atoms with Crippen molar-refractivity contribution in [3.05, 3.63) is 42.5 Å². The number of phenolic OH excluding ortho intramolecular Hbond substituents is 1. The minimum absolute atomic E-state index is 0. The monoisotopic (exact) mass is 152 g/mol. The van der Waals surface area contributed by atoms with Crippen molar-refractivity contribution in [3.63, 3.8) is 0 Å². The zero-order valence-electron chi connectivity index (χ0n) is 7.99. The molecule has 0 spiro atoms. The van der Waals surface area contributed by atoms with Crippen LogP contribution in [-0.4, -0.2) is 5.11 Å². The van der Waals surface area contributed by atoms with Gasteiger partial charge in [0.25, 0.3) is 0 Å². The second kappa shape index (κ2) is 3.67. The zero-order chi connectivity index (χ0) is 7.68. The van der Waals surface area contributed by atoms with Gasteiger partial charge in [0, 0.05) is 0 Å². The molecule has 12 heavy (non-hydrogen) atoms. The van der Waals surface area contributed by atoms with Crippen molar-refractivity contribution in [2.45, 2.75) is 0 Å². The maximum absolute atomic E-state index is 9.13. The van der Waals surface area contributed by atoms with Crippen LogP contribution in [0.2, 0.25) is 0 Å². The summed E-state index contributed by atoms with van der Waals surface area (Å²) in [6, 6.07) is 13.3. The molecule has 1 N–H and O–H groups in total. The summed E-state index contributed by atoms with van der Waals surface area (Å²) in [5.41, 5.74) is 0. The molecule has 0 aliphatic carbocycles. The van der Waals surface area contributed by atoms with E-state index >= 15 is 0 Å². The molecular formula is C10H9LiO. The maximum Gasteiger partial charge on any atom is 1.00 e. The average Bonchev–Trinajstić information content (AvgIpc) is 2.04. The van der Waals surface area contributed by atoms with E-state index < -0.39 is 0 Å². The summed E-state index contributed by atoms with van der Waals surface area (Å²) >= 11 is 0. The first-order valence-electron chi connectivity index (χ1n) is 3.54. The molecule has 2 heteroatoms. The van der Waals surface area contributed by atoms with E-state index in [0.29, 0.717) is 5.75 Å². The summed E-state index contributed by atoms with van der Waals surface area (Å²) < 4.78 is 0. The van der Waals surface area contributed by atoms with E-state index in [1.165, 1.54) is 0 Å². The van der Waals surface area contributed by atoms with Gasteiger partial charge < -0.3 is 6.53 Å². The van der Waals surface area contributed by atoms with E-state index in [1.54, 1.807) is 12.1 Å². The van der Waals surface area contributed by atoms with E-state index in [4.69, 9.17) is 5.11 Å². The van der Waals surface area contributed by atoms with E-state index in [1.807, 2.05) is 30.3 Å². The molecular weight excluding hydrogens is 143 g/mol. The van der Waals surface area contributed by atoms with Gasteiger partial charge in [-0.05, 0) is 22.9 Å². The Hall–Kier alpha value is -0.903. The molecule has 0 saturated carbocycles. The summed E-state index contributed by atoms with van der Waals surface area (Å²) in [7, 11) is 0. The Morgan fingerprint density at radius 2 is 1.58 bits per heavy atom. The van der Waals surface area contributed by atoms with Crippen molar-refractivity contribution in [3.8, 4) is 5.75 Å². The van der Waals surface area contributed by atoms with Crippen LogP contribution in [0.3, 0.4) is 0 Å². The van der Waals surface area contributed by atoms with E-state index in [2.05, 4.69) is 0 Å². The minimum atomic E-state index is 0.